The Hall–Kier alpha value is -5.64. The largest absolute Gasteiger partial charge is 0.494 e. The van der Waals surface area contributed by atoms with Crippen molar-refractivity contribution in [3.05, 3.63) is 119 Å². The Labute approximate surface area is 324 Å². The molecule has 4 rings (SSSR count). The first kappa shape index (κ1) is 42.1. The molecule has 10 heteroatoms. The third kappa shape index (κ3) is 15.0. The Morgan fingerprint density at radius 2 is 0.782 bits per heavy atom. The normalized spacial score (nSPS) is 11.3. The van der Waals surface area contributed by atoms with Gasteiger partial charge in [-0.25, -0.2) is 19.2 Å². The Morgan fingerprint density at radius 3 is 1.18 bits per heavy atom. The third-order valence-electron chi connectivity index (χ3n) is 8.57. The van der Waals surface area contributed by atoms with Crippen LogP contribution in [0.15, 0.2) is 97.1 Å². The van der Waals surface area contributed by atoms with Gasteiger partial charge in [-0.2, -0.15) is 0 Å². The minimum absolute atomic E-state index is 0.182. The average Bonchev–Trinajstić information content (AvgIpc) is 3.20. The molecule has 0 fully saturated rings. The summed E-state index contributed by atoms with van der Waals surface area (Å²) in [6.45, 7) is 7.05. The predicted octanol–water partition coefficient (Wildman–Crippen LogP) is 10.2. The molecule has 0 aliphatic carbocycles. The minimum atomic E-state index is -0.746. The Kier molecular flexibility index (Phi) is 17.8. The van der Waals surface area contributed by atoms with E-state index in [2.05, 4.69) is 13.8 Å². The van der Waals surface area contributed by atoms with Gasteiger partial charge in [-0.3, -0.25) is 0 Å². The van der Waals surface area contributed by atoms with E-state index >= 15 is 0 Å². The van der Waals surface area contributed by atoms with E-state index in [1.54, 1.807) is 55.5 Å². The summed E-state index contributed by atoms with van der Waals surface area (Å²) in [5.74, 6) is -0.424. The number of benzene rings is 4. The molecule has 0 bridgehead atoms. The van der Waals surface area contributed by atoms with Gasteiger partial charge in [0.25, 0.3) is 0 Å². The molecule has 4 aromatic rings. The fourth-order valence-electron chi connectivity index (χ4n) is 5.38. The van der Waals surface area contributed by atoms with Gasteiger partial charge in [-0.1, -0.05) is 65.2 Å². The zero-order valence-corrected chi connectivity index (χ0v) is 32.1. The van der Waals surface area contributed by atoms with E-state index in [0.29, 0.717) is 35.8 Å². The van der Waals surface area contributed by atoms with Gasteiger partial charge < -0.3 is 28.4 Å². The second-order valence-electron chi connectivity index (χ2n) is 13.2. The van der Waals surface area contributed by atoms with Crippen LogP contribution in [0.4, 0.5) is 0 Å². The number of rotatable bonds is 23. The van der Waals surface area contributed by atoms with Crippen LogP contribution < -0.4 is 18.9 Å². The molecule has 0 heterocycles. The number of carbonyl (C=O) groups is 4. The maximum absolute atomic E-state index is 12.7. The molecule has 1 atom stereocenters. The maximum Gasteiger partial charge on any atom is 0.343 e. The quantitative estimate of drug-likeness (QED) is 0.0411. The van der Waals surface area contributed by atoms with E-state index in [1.165, 1.54) is 87.1 Å². The lowest BCUT2D eigenvalue weighted by Gasteiger charge is -2.14. The molecular weight excluding hydrogens is 700 g/mol. The van der Waals surface area contributed by atoms with Gasteiger partial charge in [0, 0.05) is 0 Å². The van der Waals surface area contributed by atoms with E-state index in [4.69, 9.17) is 28.4 Å². The molecule has 0 amide bonds. The summed E-state index contributed by atoms with van der Waals surface area (Å²) in [5.41, 5.74) is 1.20. The average molecular weight is 753 g/mol. The summed E-state index contributed by atoms with van der Waals surface area (Å²) in [6.07, 6.45) is 10.8. The van der Waals surface area contributed by atoms with E-state index < -0.39 is 30.0 Å². The van der Waals surface area contributed by atoms with Crippen LogP contribution in [-0.2, 0) is 9.47 Å². The lowest BCUT2D eigenvalue weighted by atomic mass is 10.2. The van der Waals surface area contributed by atoms with Crippen LogP contribution in [0.3, 0.4) is 0 Å². The second-order valence-corrected chi connectivity index (χ2v) is 13.2. The number of hydrogen-bond donors (Lipinski definition) is 0. The van der Waals surface area contributed by atoms with Crippen LogP contribution in [0.2, 0.25) is 0 Å². The van der Waals surface area contributed by atoms with Crippen molar-refractivity contribution >= 4 is 23.9 Å². The Morgan fingerprint density at radius 1 is 0.436 bits per heavy atom. The molecule has 0 aliphatic rings. The molecule has 10 nitrogen and oxygen atoms in total. The minimum Gasteiger partial charge on any atom is -0.494 e. The van der Waals surface area contributed by atoms with Crippen LogP contribution in [0.1, 0.15) is 126 Å². The molecule has 0 saturated carbocycles. The van der Waals surface area contributed by atoms with E-state index in [0.717, 1.165) is 25.7 Å². The van der Waals surface area contributed by atoms with Gasteiger partial charge >= 0.3 is 23.9 Å². The lowest BCUT2D eigenvalue weighted by Crippen LogP contribution is -2.22. The molecule has 55 heavy (non-hydrogen) atoms. The van der Waals surface area contributed by atoms with E-state index in [9.17, 15) is 19.2 Å². The number of carbonyl (C=O) groups excluding carboxylic acids is 4. The van der Waals surface area contributed by atoms with Crippen LogP contribution in [0.5, 0.6) is 23.0 Å². The summed E-state index contributed by atoms with van der Waals surface area (Å²) in [7, 11) is 0. The smallest absolute Gasteiger partial charge is 0.343 e. The molecule has 0 aliphatic heterocycles. The van der Waals surface area contributed by atoms with Crippen molar-refractivity contribution in [2.24, 2.45) is 0 Å². The number of hydrogen-bond acceptors (Lipinski definition) is 10. The second kappa shape index (κ2) is 23.2. The Balaban J connectivity index is 1.14. The van der Waals surface area contributed by atoms with Crippen molar-refractivity contribution in [1.29, 1.82) is 0 Å². The summed E-state index contributed by atoms with van der Waals surface area (Å²) in [5, 5.41) is 0. The van der Waals surface area contributed by atoms with Crippen LogP contribution in [-0.4, -0.2) is 49.8 Å². The molecule has 0 spiro atoms. The number of ether oxygens (including phenoxy) is 6. The van der Waals surface area contributed by atoms with E-state index in [1.807, 2.05) is 0 Å². The first-order chi connectivity index (χ1) is 26.7. The molecule has 4 aromatic carbocycles. The van der Waals surface area contributed by atoms with Crippen molar-refractivity contribution in [2.75, 3.05) is 19.8 Å². The highest BCUT2D eigenvalue weighted by Crippen LogP contribution is 2.20. The SMILES string of the molecule is CCCCCCCOc1ccc(C(=O)Oc2ccc(C(=O)OCC(C)OC(=O)c3ccc(OC(=O)c4ccc(OCCCCCCC)cc4)cc3)cc2)cc1. The summed E-state index contributed by atoms with van der Waals surface area (Å²) < 4.78 is 33.2. The van der Waals surface area contributed by atoms with Crippen molar-refractivity contribution in [1.82, 2.24) is 0 Å². The first-order valence-electron chi connectivity index (χ1n) is 19.2. The highest BCUT2D eigenvalue weighted by atomic mass is 16.6. The summed E-state index contributed by atoms with van der Waals surface area (Å²) >= 11 is 0. The zero-order valence-electron chi connectivity index (χ0n) is 32.1. The van der Waals surface area contributed by atoms with E-state index in [-0.39, 0.29) is 29.2 Å². The van der Waals surface area contributed by atoms with Crippen molar-refractivity contribution in [2.45, 2.75) is 91.1 Å². The van der Waals surface area contributed by atoms with Gasteiger partial charge in [0.2, 0.25) is 0 Å². The standard InChI is InChI=1S/C45H52O10/c1-4-6-8-10-12-30-50-38-22-14-36(15-23-38)44(48)54-40-26-18-34(19-27-40)42(46)52-32-33(3)53-43(47)35-20-28-41(29-21-35)55-45(49)37-16-24-39(25-17-37)51-31-13-11-9-7-5-2/h14-29,33H,4-13,30-32H2,1-3H3. The molecule has 0 N–H and O–H groups in total. The molecule has 0 aromatic heterocycles. The van der Waals surface area contributed by atoms with Crippen molar-refractivity contribution in [3.8, 4) is 23.0 Å². The fraction of sp³-hybridized carbons (Fsp3) is 0.378. The predicted molar refractivity (Wildman–Crippen MR) is 209 cm³/mol. The van der Waals surface area contributed by atoms with Crippen LogP contribution in [0, 0.1) is 0 Å². The van der Waals surface area contributed by atoms with Gasteiger partial charge in [0.05, 0.1) is 35.5 Å². The number of esters is 4. The topological polar surface area (TPSA) is 124 Å². The maximum atomic E-state index is 12.7. The molecule has 1 unspecified atom stereocenters. The van der Waals surface area contributed by atoms with Crippen LogP contribution >= 0.6 is 0 Å². The van der Waals surface area contributed by atoms with Crippen molar-refractivity contribution in [3.63, 3.8) is 0 Å². The van der Waals surface area contributed by atoms with Gasteiger partial charge in [-0.05, 0) is 117 Å². The highest BCUT2D eigenvalue weighted by Gasteiger charge is 2.17. The highest BCUT2D eigenvalue weighted by molar-refractivity contribution is 5.93. The van der Waals surface area contributed by atoms with Crippen LogP contribution in [0.25, 0.3) is 0 Å². The molecule has 0 radical (unpaired) electrons. The Bertz CT molecular complexity index is 1760. The zero-order chi connectivity index (χ0) is 39.3. The van der Waals surface area contributed by atoms with Gasteiger partial charge in [-0.15, -0.1) is 0 Å². The van der Waals surface area contributed by atoms with Gasteiger partial charge in [0.1, 0.15) is 35.7 Å². The molecular formula is C45H52O10. The fourth-order valence-corrected chi connectivity index (χ4v) is 5.38. The summed E-state index contributed by atoms with van der Waals surface area (Å²) in [4.78, 5) is 50.6. The number of unbranched alkanes of at least 4 members (excludes halogenated alkanes) is 8. The molecule has 0 saturated heterocycles. The first-order valence-corrected chi connectivity index (χ1v) is 19.2. The van der Waals surface area contributed by atoms with Crippen molar-refractivity contribution < 1.29 is 47.6 Å². The summed E-state index contributed by atoms with van der Waals surface area (Å²) in [6, 6.07) is 25.5. The monoisotopic (exact) mass is 752 g/mol. The molecule has 292 valence electrons. The third-order valence-corrected chi connectivity index (χ3v) is 8.57. The van der Waals surface area contributed by atoms with Gasteiger partial charge in [0.15, 0.2) is 0 Å². The lowest BCUT2D eigenvalue weighted by molar-refractivity contribution is 0.00447.